The van der Waals surface area contributed by atoms with E-state index in [9.17, 15) is 0 Å². The van der Waals surface area contributed by atoms with Crippen molar-refractivity contribution in [2.75, 3.05) is 12.4 Å². The first-order valence-electron chi connectivity index (χ1n) is 5.41. The Morgan fingerprint density at radius 3 is 2.33 bits per heavy atom. The highest BCUT2D eigenvalue weighted by Gasteiger charge is 2.01. The van der Waals surface area contributed by atoms with Crippen LogP contribution in [0.15, 0.2) is 30.3 Å². The van der Waals surface area contributed by atoms with Crippen LogP contribution in [0.2, 0.25) is 0 Å². The van der Waals surface area contributed by atoms with Crippen molar-refractivity contribution in [2.45, 2.75) is 13.8 Å². The summed E-state index contributed by atoms with van der Waals surface area (Å²) in [4.78, 5) is 8.64. The molecule has 0 atom stereocenters. The molecule has 0 saturated heterocycles. The number of aromatic nitrogens is 2. The molecule has 0 bridgehead atoms. The van der Waals surface area contributed by atoms with Crippen molar-refractivity contribution in [3.05, 3.63) is 41.7 Å². The first-order valence-corrected chi connectivity index (χ1v) is 5.41. The highest BCUT2D eigenvalue weighted by atomic mass is 35.5. The SMILES string of the molecule is COc1cccc(Nc2nc(C)cc(C)n2)c1.Cl. The Bertz CT molecular complexity index is 511. The molecule has 0 amide bonds. The zero-order valence-corrected chi connectivity index (χ0v) is 11.4. The zero-order valence-electron chi connectivity index (χ0n) is 10.6. The van der Waals surface area contributed by atoms with Gasteiger partial charge in [0.05, 0.1) is 7.11 Å². The second kappa shape index (κ2) is 6.21. The van der Waals surface area contributed by atoms with E-state index in [0.29, 0.717) is 5.95 Å². The summed E-state index contributed by atoms with van der Waals surface area (Å²) >= 11 is 0. The van der Waals surface area contributed by atoms with Gasteiger partial charge in [0, 0.05) is 23.1 Å². The number of methoxy groups -OCH3 is 1. The molecule has 0 fully saturated rings. The fourth-order valence-electron chi connectivity index (χ4n) is 1.61. The number of rotatable bonds is 3. The monoisotopic (exact) mass is 265 g/mol. The number of aryl methyl sites for hydroxylation is 2. The predicted molar refractivity (Wildman–Crippen MR) is 75.0 cm³/mol. The van der Waals surface area contributed by atoms with Gasteiger partial charge >= 0.3 is 0 Å². The number of benzene rings is 1. The van der Waals surface area contributed by atoms with Gasteiger partial charge in [-0.2, -0.15) is 0 Å². The molecule has 0 aliphatic rings. The molecule has 1 aromatic carbocycles. The van der Waals surface area contributed by atoms with Gasteiger partial charge in [-0.05, 0) is 32.0 Å². The van der Waals surface area contributed by atoms with Crippen LogP contribution in [0, 0.1) is 13.8 Å². The number of halogens is 1. The number of nitrogens with one attached hydrogen (secondary N) is 1. The maximum absolute atomic E-state index is 5.16. The molecule has 0 aliphatic carbocycles. The van der Waals surface area contributed by atoms with E-state index in [0.717, 1.165) is 22.8 Å². The Labute approximate surface area is 113 Å². The van der Waals surface area contributed by atoms with Gasteiger partial charge in [-0.3, -0.25) is 0 Å². The molecule has 1 heterocycles. The van der Waals surface area contributed by atoms with E-state index in [4.69, 9.17) is 4.74 Å². The average molecular weight is 266 g/mol. The van der Waals surface area contributed by atoms with Crippen LogP contribution < -0.4 is 10.1 Å². The van der Waals surface area contributed by atoms with Gasteiger partial charge < -0.3 is 10.1 Å². The molecule has 0 aliphatic heterocycles. The van der Waals surface area contributed by atoms with Gasteiger partial charge in [-0.25, -0.2) is 9.97 Å². The molecule has 96 valence electrons. The van der Waals surface area contributed by atoms with Crippen molar-refractivity contribution in [3.63, 3.8) is 0 Å². The van der Waals surface area contributed by atoms with E-state index in [1.54, 1.807) is 7.11 Å². The van der Waals surface area contributed by atoms with Gasteiger partial charge in [0.25, 0.3) is 0 Å². The molecule has 4 nitrogen and oxygen atoms in total. The summed E-state index contributed by atoms with van der Waals surface area (Å²) in [6.07, 6.45) is 0. The highest BCUT2D eigenvalue weighted by Crippen LogP contribution is 2.19. The third-order valence-corrected chi connectivity index (χ3v) is 2.31. The number of nitrogens with zero attached hydrogens (tertiary/aromatic N) is 2. The molecule has 18 heavy (non-hydrogen) atoms. The second-order valence-electron chi connectivity index (χ2n) is 3.83. The van der Waals surface area contributed by atoms with Crippen LogP contribution in [0.1, 0.15) is 11.4 Å². The van der Waals surface area contributed by atoms with E-state index in [-0.39, 0.29) is 12.4 Å². The topological polar surface area (TPSA) is 47.0 Å². The number of anilines is 2. The zero-order chi connectivity index (χ0) is 12.3. The lowest BCUT2D eigenvalue weighted by molar-refractivity contribution is 0.415. The molecule has 1 aromatic heterocycles. The summed E-state index contributed by atoms with van der Waals surface area (Å²) in [6.45, 7) is 3.90. The van der Waals surface area contributed by atoms with Crippen LogP contribution >= 0.6 is 12.4 Å². The highest BCUT2D eigenvalue weighted by molar-refractivity contribution is 5.85. The molecule has 0 spiro atoms. The fourth-order valence-corrected chi connectivity index (χ4v) is 1.61. The van der Waals surface area contributed by atoms with Gasteiger partial charge in [0.15, 0.2) is 0 Å². The first-order chi connectivity index (χ1) is 8.17. The minimum Gasteiger partial charge on any atom is -0.497 e. The largest absolute Gasteiger partial charge is 0.497 e. The summed E-state index contributed by atoms with van der Waals surface area (Å²) < 4.78 is 5.16. The molecule has 2 aromatic rings. The molecule has 0 radical (unpaired) electrons. The van der Waals surface area contributed by atoms with Crippen molar-refractivity contribution in [2.24, 2.45) is 0 Å². The lowest BCUT2D eigenvalue weighted by Gasteiger charge is -2.07. The van der Waals surface area contributed by atoms with Gasteiger partial charge in [-0.15, -0.1) is 12.4 Å². The van der Waals surface area contributed by atoms with E-state index in [2.05, 4.69) is 15.3 Å². The summed E-state index contributed by atoms with van der Waals surface area (Å²) in [5.74, 6) is 1.41. The Hall–Kier alpha value is -1.81. The number of ether oxygens (including phenoxy) is 1. The Kier molecular flexibility index (Phi) is 4.92. The van der Waals surface area contributed by atoms with E-state index in [1.165, 1.54) is 0 Å². The van der Waals surface area contributed by atoms with Crippen LogP contribution in [0.4, 0.5) is 11.6 Å². The van der Waals surface area contributed by atoms with Gasteiger partial charge in [0.1, 0.15) is 5.75 Å². The lowest BCUT2D eigenvalue weighted by Crippen LogP contribution is -2.00. The quantitative estimate of drug-likeness (QED) is 0.925. The summed E-state index contributed by atoms with van der Waals surface area (Å²) in [6, 6.07) is 9.61. The maximum Gasteiger partial charge on any atom is 0.227 e. The summed E-state index contributed by atoms with van der Waals surface area (Å²) in [5, 5.41) is 3.16. The Morgan fingerprint density at radius 2 is 1.72 bits per heavy atom. The maximum atomic E-state index is 5.16. The van der Waals surface area contributed by atoms with Crippen LogP contribution in [-0.4, -0.2) is 17.1 Å². The molecular weight excluding hydrogens is 250 g/mol. The van der Waals surface area contributed by atoms with Gasteiger partial charge in [-0.1, -0.05) is 6.07 Å². The van der Waals surface area contributed by atoms with Crippen LogP contribution in [-0.2, 0) is 0 Å². The second-order valence-corrected chi connectivity index (χ2v) is 3.83. The van der Waals surface area contributed by atoms with Gasteiger partial charge in [0.2, 0.25) is 5.95 Å². The normalized spacial score (nSPS) is 9.50. The molecule has 1 N–H and O–H groups in total. The Morgan fingerprint density at radius 1 is 1.06 bits per heavy atom. The van der Waals surface area contributed by atoms with Crippen molar-refractivity contribution in [1.29, 1.82) is 0 Å². The molecule has 2 rings (SSSR count). The summed E-state index contributed by atoms with van der Waals surface area (Å²) in [7, 11) is 1.65. The van der Waals surface area contributed by atoms with Crippen LogP contribution in [0.5, 0.6) is 5.75 Å². The van der Waals surface area contributed by atoms with Crippen LogP contribution in [0.3, 0.4) is 0 Å². The summed E-state index contributed by atoms with van der Waals surface area (Å²) in [5.41, 5.74) is 2.81. The minimum atomic E-state index is 0. The number of hydrogen-bond acceptors (Lipinski definition) is 4. The molecule has 0 unspecified atom stereocenters. The van der Waals surface area contributed by atoms with Crippen molar-refractivity contribution in [1.82, 2.24) is 9.97 Å². The van der Waals surface area contributed by atoms with Crippen molar-refractivity contribution >= 4 is 24.0 Å². The lowest BCUT2D eigenvalue weighted by atomic mass is 10.3. The molecule has 5 heteroatoms. The van der Waals surface area contributed by atoms with Crippen LogP contribution in [0.25, 0.3) is 0 Å². The van der Waals surface area contributed by atoms with Crippen molar-refractivity contribution in [3.8, 4) is 5.75 Å². The molecule has 0 saturated carbocycles. The molecular formula is C13H16ClN3O. The smallest absolute Gasteiger partial charge is 0.227 e. The van der Waals surface area contributed by atoms with Crippen molar-refractivity contribution < 1.29 is 4.74 Å². The van der Waals surface area contributed by atoms with E-state index >= 15 is 0 Å². The third kappa shape index (κ3) is 3.60. The minimum absolute atomic E-state index is 0. The van der Waals surface area contributed by atoms with E-state index in [1.807, 2.05) is 44.2 Å². The number of hydrogen-bond donors (Lipinski definition) is 1. The predicted octanol–water partition coefficient (Wildman–Crippen LogP) is 3.27. The average Bonchev–Trinajstić information content (AvgIpc) is 2.28. The fraction of sp³-hybridized carbons (Fsp3) is 0.231. The first kappa shape index (κ1) is 14.3. The third-order valence-electron chi connectivity index (χ3n) is 2.31. The van der Waals surface area contributed by atoms with E-state index < -0.39 is 0 Å². The Balaban J connectivity index is 0.00000162. The standard InChI is InChI=1S/C13H15N3O.ClH/c1-9-7-10(2)15-13(14-9)16-11-5-4-6-12(8-11)17-3;/h4-8H,1-3H3,(H,14,15,16);1H.